The van der Waals surface area contributed by atoms with E-state index in [1.165, 1.54) is 52.1 Å². The first kappa shape index (κ1) is 9.44. The van der Waals surface area contributed by atoms with E-state index >= 15 is 0 Å². The van der Waals surface area contributed by atoms with Crippen LogP contribution in [-0.4, -0.2) is 62.2 Å². The van der Waals surface area contributed by atoms with Gasteiger partial charge in [0.15, 0.2) is 0 Å². The van der Waals surface area contributed by atoms with Gasteiger partial charge in [0, 0.05) is 39.3 Å². The standard InChI is InChI=1S/C10H20N3/c1-2-6-12(5-1)9-10-13-7-3-11-4-8-13/h1-10H2. The molecule has 0 aromatic carbocycles. The molecule has 1 radical (unpaired) electrons. The molecule has 2 saturated heterocycles. The highest BCUT2D eigenvalue weighted by Crippen LogP contribution is 2.06. The molecule has 0 spiro atoms. The van der Waals surface area contributed by atoms with Gasteiger partial charge >= 0.3 is 0 Å². The number of hydrogen-bond donors (Lipinski definition) is 0. The van der Waals surface area contributed by atoms with E-state index in [4.69, 9.17) is 0 Å². The Morgan fingerprint density at radius 3 is 1.92 bits per heavy atom. The molecule has 0 N–H and O–H groups in total. The average Bonchev–Trinajstić information content (AvgIpc) is 2.69. The Hall–Kier alpha value is -0.120. The molecule has 0 saturated carbocycles. The third-order valence-electron chi connectivity index (χ3n) is 3.08. The van der Waals surface area contributed by atoms with Gasteiger partial charge in [-0.25, -0.2) is 5.32 Å². The maximum atomic E-state index is 4.35. The number of likely N-dealkylation sites (tertiary alicyclic amines) is 1. The zero-order valence-corrected chi connectivity index (χ0v) is 8.41. The topological polar surface area (TPSA) is 20.6 Å². The predicted molar refractivity (Wildman–Crippen MR) is 54.0 cm³/mol. The minimum atomic E-state index is 1.06. The summed E-state index contributed by atoms with van der Waals surface area (Å²) in [6.45, 7) is 9.69. The second-order valence-electron chi connectivity index (χ2n) is 4.06. The number of nitrogens with zero attached hydrogens (tertiary/aromatic N) is 3. The normalized spacial score (nSPS) is 26.8. The molecule has 0 atom stereocenters. The summed E-state index contributed by atoms with van der Waals surface area (Å²) in [7, 11) is 0. The molecule has 13 heavy (non-hydrogen) atoms. The van der Waals surface area contributed by atoms with Crippen LogP contribution in [0.2, 0.25) is 0 Å². The molecule has 0 amide bonds. The molecule has 3 nitrogen and oxygen atoms in total. The maximum absolute atomic E-state index is 4.35. The summed E-state index contributed by atoms with van der Waals surface area (Å²) in [4.78, 5) is 5.14. The second-order valence-corrected chi connectivity index (χ2v) is 4.06. The summed E-state index contributed by atoms with van der Waals surface area (Å²) in [5.74, 6) is 0. The van der Waals surface area contributed by atoms with Gasteiger partial charge in [0.05, 0.1) is 0 Å². The van der Waals surface area contributed by atoms with E-state index in [2.05, 4.69) is 15.1 Å². The third-order valence-corrected chi connectivity index (χ3v) is 3.08. The molecule has 2 rings (SSSR count). The maximum Gasteiger partial charge on any atom is 0.0261 e. The van der Waals surface area contributed by atoms with Gasteiger partial charge in [-0.05, 0) is 25.9 Å². The highest BCUT2D eigenvalue weighted by atomic mass is 15.2. The van der Waals surface area contributed by atoms with Gasteiger partial charge in [-0.1, -0.05) is 0 Å². The molecule has 0 bridgehead atoms. The Balaban J connectivity index is 1.60. The molecule has 0 aromatic heterocycles. The number of rotatable bonds is 3. The zero-order chi connectivity index (χ0) is 8.93. The van der Waals surface area contributed by atoms with Gasteiger partial charge in [-0.15, -0.1) is 0 Å². The molecule has 0 aromatic rings. The molecular weight excluding hydrogens is 162 g/mol. The van der Waals surface area contributed by atoms with Crippen molar-refractivity contribution in [3.8, 4) is 0 Å². The van der Waals surface area contributed by atoms with Crippen molar-refractivity contribution in [2.24, 2.45) is 0 Å². The number of piperazine rings is 1. The van der Waals surface area contributed by atoms with Gasteiger partial charge in [-0.2, -0.15) is 0 Å². The van der Waals surface area contributed by atoms with Crippen LogP contribution in [0.3, 0.4) is 0 Å². The van der Waals surface area contributed by atoms with Crippen LogP contribution in [-0.2, 0) is 0 Å². The third kappa shape index (κ3) is 2.93. The summed E-state index contributed by atoms with van der Waals surface area (Å²) in [6, 6.07) is 0. The van der Waals surface area contributed by atoms with Crippen LogP contribution in [0, 0.1) is 0 Å². The van der Waals surface area contributed by atoms with Crippen LogP contribution in [0.25, 0.3) is 0 Å². The lowest BCUT2D eigenvalue weighted by molar-refractivity contribution is 0.203. The highest BCUT2D eigenvalue weighted by molar-refractivity contribution is 4.71. The van der Waals surface area contributed by atoms with Crippen molar-refractivity contribution in [1.29, 1.82) is 0 Å². The van der Waals surface area contributed by atoms with Crippen LogP contribution in [0.1, 0.15) is 12.8 Å². The van der Waals surface area contributed by atoms with Gasteiger partial charge in [0.1, 0.15) is 0 Å². The predicted octanol–water partition coefficient (Wildman–Crippen LogP) is 0.00220. The minimum absolute atomic E-state index is 1.06. The fraction of sp³-hybridized carbons (Fsp3) is 1.00. The molecule has 75 valence electrons. The van der Waals surface area contributed by atoms with Gasteiger partial charge < -0.3 is 4.90 Å². The Bertz CT molecular complexity index is 137. The Labute approximate surface area is 81.1 Å². The summed E-state index contributed by atoms with van der Waals surface area (Å²) in [5.41, 5.74) is 0. The Morgan fingerprint density at radius 1 is 0.769 bits per heavy atom. The van der Waals surface area contributed by atoms with Gasteiger partial charge in [0.25, 0.3) is 0 Å². The van der Waals surface area contributed by atoms with Crippen LogP contribution in [0.5, 0.6) is 0 Å². The van der Waals surface area contributed by atoms with Crippen molar-refractivity contribution in [3.05, 3.63) is 0 Å². The van der Waals surface area contributed by atoms with Crippen LogP contribution < -0.4 is 5.32 Å². The minimum Gasteiger partial charge on any atom is -0.302 e. The molecule has 2 aliphatic heterocycles. The largest absolute Gasteiger partial charge is 0.302 e. The molecule has 2 fully saturated rings. The van der Waals surface area contributed by atoms with Crippen LogP contribution >= 0.6 is 0 Å². The first-order valence-electron chi connectivity index (χ1n) is 5.53. The molecule has 0 aliphatic carbocycles. The van der Waals surface area contributed by atoms with Crippen molar-refractivity contribution >= 4 is 0 Å². The van der Waals surface area contributed by atoms with E-state index < -0.39 is 0 Å². The van der Waals surface area contributed by atoms with Crippen molar-refractivity contribution in [3.63, 3.8) is 0 Å². The first-order chi connectivity index (χ1) is 6.45. The lowest BCUT2D eigenvalue weighted by Gasteiger charge is -2.28. The molecule has 2 heterocycles. The van der Waals surface area contributed by atoms with Crippen molar-refractivity contribution in [1.82, 2.24) is 15.1 Å². The fourth-order valence-electron chi connectivity index (χ4n) is 2.16. The summed E-state index contributed by atoms with van der Waals surface area (Å²) >= 11 is 0. The number of hydrogen-bond acceptors (Lipinski definition) is 2. The van der Waals surface area contributed by atoms with Gasteiger partial charge in [-0.3, -0.25) is 4.90 Å². The molecule has 2 aliphatic rings. The summed E-state index contributed by atoms with van der Waals surface area (Å²) < 4.78 is 0. The van der Waals surface area contributed by atoms with Crippen molar-refractivity contribution in [2.75, 3.05) is 52.4 Å². The smallest absolute Gasteiger partial charge is 0.0261 e. The SMILES string of the molecule is C1CCN(CCN2CC[N]CC2)C1. The molecule has 0 unspecified atom stereocenters. The van der Waals surface area contributed by atoms with Gasteiger partial charge in [0.2, 0.25) is 0 Å². The average molecular weight is 182 g/mol. The lowest BCUT2D eigenvalue weighted by atomic mass is 10.3. The fourth-order valence-corrected chi connectivity index (χ4v) is 2.16. The van der Waals surface area contributed by atoms with Crippen molar-refractivity contribution < 1.29 is 0 Å². The highest BCUT2D eigenvalue weighted by Gasteiger charge is 2.14. The quantitative estimate of drug-likeness (QED) is 0.612. The molecular formula is C10H20N3. The van der Waals surface area contributed by atoms with Crippen molar-refractivity contribution in [2.45, 2.75) is 12.8 Å². The second kappa shape index (κ2) is 4.94. The first-order valence-corrected chi connectivity index (χ1v) is 5.53. The Morgan fingerprint density at radius 2 is 1.31 bits per heavy atom. The van der Waals surface area contributed by atoms with E-state index in [0.29, 0.717) is 0 Å². The van der Waals surface area contributed by atoms with Crippen LogP contribution in [0.15, 0.2) is 0 Å². The van der Waals surface area contributed by atoms with E-state index in [-0.39, 0.29) is 0 Å². The zero-order valence-electron chi connectivity index (χ0n) is 8.41. The summed E-state index contributed by atoms with van der Waals surface area (Å²) in [6.07, 6.45) is 2.82. The lowest BCUT2D eigenvalue weighted by Crippen LogP contribution is -2.43. The van der Waals surface area contributed by atoms with E-state index in [9.17, 15) is 0 Å². The Kier molecular flexibility index (Phi) is 3.58. The van der Waals surface area contributed by atoms with E-state index in [1.54, 1.807) is 0 Å². The summed E-state index contributed by atoms with van der Waals surface area (Å²) in [5, 5.41) is 4.35. The van der Waals surface area contributed by atoms with E-state index in [0.717, 1.165) is 13.1 Å². The molecule has 3 heteroatoms. The monoisotopic (exact) mass is 182 g/mol. The van der Waals surface area contributed by atoms with Crippen LogP contribution in [0.4, 0.5) is 0 Å². The van der Waals surface area contributed by atoms with E-state index in [1.807, 2.05) is 0 Å².